The van der Waals surface area contributed by atoms with Crippen LogP contribution in [0.5, 0.6) is 0 Å². The van der Waals surface area contributed by atoms with Crippen LogP contribution in [0.2, 0.25) is 0 Å². The highest BCUT2D eigenvalue weighted by molar-refractivity contribution is 5.89. The van der Waals surface area contributed by atoms with E-state index in [1.807, 2.05) is 24.3 Å². The van der Waals surface area contributed by atoms with E-state index in [0.29, 0.717) is 5.69 Å². The number of benzene rings is 1. The van der Waals surface area contributed by atoms with Gasteiger partial charge in [0.25, 0.3) is 0 Å². The van der Waals surface area contributed by atoms with Crippen LogP contribution in [0, 0.1) is 5.92 Å². The number of carboxylic acids is 1. The van der Waals surface area contributed by atoms with Crippen LogP contribution in [-0.2, 0) is 11.2 Å². The minimum atomic E-state index is -0.910. The normalized spacial score (nSPS) is 11.7. The molecule has 0 saturated heterocycles. The Kier molecular flexibility index (Phi) is 5.36. The molecule has 1 unspecified atom stereocenters. The van der Waals surface area contributed by atoms with E-state index in [0.717, 1.165) is 6.42 Å². The summed E-state index contributed by atoms with van der Waals surface area (Å²) in [6.45, 7) is 3.81. The molecular weight excluding hydrogens is 244 g/mol. The molecule has 0 aromatic heterocycles. The van der Waals surface area contributed by atoms with Crippen LogP contribution in [0.25, 0.3) is 0 Å². The maximum atomic E-state index is 11.8. The van der Waals surface area contributed by atoms with E-state index in [2.05, 4.69) is 12.2 Å². The Hall–Kier alpha value is -2.04. The smallest absolute Gasteiger partial charge is 0.321 e. The number of nitrogens with one attached hydrogen (secondary N) is 1. The average Bonchev–Trinajstić information content (AvgIpc) is 2.39. The van der Waals surface area contributed by atoms with Crippen molar-refractivity contribution in [2.24, 2.45) is 5.92 Å². The third-order valence-corrected chi connectivity index (χ3v) is 2.93. The number of carbonyl (C=O) groups excluding carboxylic acids is 1. The van der Waals surface area contributed by atoms with Gasteiger partial charge in [0.15, 0.2) is 0 Å². The van der Waals surface area contributed by atoms with E-state index in [1.54, 1.807) is 14.0 Å². The zero-order chi connectivity index (χ0) is 14.4. The summed E-state index contributed by atoms with van der Waals surface area (Å²) in [5, 5.41) is 11.5. The third kappa shape index (κ3) is 4.62. The van der Waals surface area contributed by atoms with Gasteiger partial charge in [0.05, 0.1) is 5.92 Å². The summed E-state index contributed by atoms with van der Waals surface area (Å²) in [7, 11) is 1.58. The summed E-state index contributed by atoms with van der Waals surface area (Å²) in [4.78, 5) is 23.9. The molecule has 5 nitrogen and oxygen atoms in total. The van der Waals surface area contributed by atoms with Crippen molar-refractivity contribution in [2.45, 2.75) is 20.3 Å². The predicted molar refractivity (Wildman–Crippen MR) is 74.3 cm³/mol. The van der Waals surface area contributed by atoms with E-state index < -0.39 is 11.9 Å². The predicted octanol–water partition coefficient (Wildman–Crippen LogP) is 2.43. The van der Waals surface area contributed by atoms with Gasteiger partial charge in [-0.25, -0.2) is 4.79 Å². The van der Waals surface area contributed by atoms with Crippen LogP contribution in [-0.4, -0.2) is 35.6 Å². The van der Waals surface area contributed by atoms with Crippen molar-refractivity contribution < 1.29 is 14.7 Å². The molecule has 0 fully saturated rings. The molecule has 1 aromatic carbocycles. The van der Waals surface area contributed by atoms with Crippen LogP contribution in [0.15, 0.2) is 24.3 Å². The van der Waals surface area contributed by atoms with Gasteiger partial charge < -0.3 is 15.3 Å². The maximum Gasteiger partial charge on any atom is 0.321 e. The number of carboxylic acid groups (broad SMARTS) is 1. The summed E-state index contributed by atoms with van der Waals surface area (Å²) in [5.74, 6) is -1.50. The molecule has 0 bridgehead atoms. The quantitative estimate of drug-likeness (QED) is 0.858. The number of hydrogen-bond acceptors (Lipinski definition) is 2. The third-order valence-electron chi connectivity index (χ3n) is 2.93. The first-order valence-electron chi connectivity index (χ1n) is 6.28. The Morgan fingerprint density at radius 3 is 2.37 bits per heavy atom. The minimum absolute atomic E-state index is 0.175. The second-order valence-corrected chi connectivity index (χ2v) is 4.60. The fourth-order valence-corrected chi connectivity index (χ4v) is 1.61. The Balaban J connectivity index is 2.55. The van der Waals surface area contributed by atoms with Crippen molar-refractivity contribution in [1.29, 1.82) is 0 Å². The van der Waals surface area contributed by atoms with Crippen molar-refractivity contribution in [1.82, 2.24) is 4.90 Å². The molecule has 0 spiro atoms. The zero-order valence-electron chi connectivity index (χ0n) is 11.5. The van der Waals surface area contributed by atoms with Crippen molar-refractivity contribution in [3.8, 4) is 0 Å². The second-order valence-electron chi connectivity index (χ2n) is 4.60. The molecule has 0 radical (unpaired) electrons. The first kappa shape index (κ1) is 15.0. The number of aliphatic carboxylic acids is 1. The molecule has 1 aromatic rings. The van der Waals surface area contributed by atoms with Crippen molar-refractivity contribution in [3.05, 3.63) is 29.8 Å². The van der Waals surface area contributed by atoms with Gasteiger partial charge in [0.1, 0.15) is 0 Å². The molecule has 0 aliphatic rings. The van der Waals surface area contributed by atoms with Crippen LogP contribution in [0.4, 0.5) is 10.5 Å². The number of anilines is 1. The van der Waals surface area contributed by atoms with E-state index in [1.165, 1.54) is 10.5 Å². The first-order chi connectivity index (χ1) is 8.93. The van der Waals surface area contributed by atoms with Crippen molar-refractivity contribution in [2.75, 3.05) is 18.9 Å². The van der Waals surface area contributed by atoms with Gasteiger partial charge in [-0.2, -0.15) is 0 Å². The Morgan fingerprint density at radius 1 is 1.32 bits per heavy atom. The monoisotopic (exact) mass is 264 g/mol. The van der Waals surface area contributed by atoms with Crippen LogP contribution in [0.3, 0.4) is 0 Å². The van der Waals surface area contributed by atoms with Gasteiger partial charge in [-0.1, -0.05) is 26.0 Å². The van der Waals surface area contributed by atoms with Gasteiger partial charge in [-0.3, -0.25) is 4.79 Å². The molecule has 2 N–H and O–H groups in total. The summed E-state index contributed by atoms with van der Waals surface area (Å²) in [6.07, 6.45) is 0.949. The lowest BCUT2D eigenvalue weighted by Crippen LogP contribution is -2.36. The molecular formula is C14H20N2O3. The standard InChI is InChI=1S/C14H20N2O3/c1-4-11-5-7-12(8-6-11)15-14(19)16(3)9-10(2)13(17)18/h5-8,10H,4,9H2,1-3H3,(H,15,19)(H,17,18). The molecule has 0 saturated carbocycles. The molecule has 5 heteroatoms. The van der Waals surface area contributed by atoms with E-state index in [-0.39, 0.29) is 12.6 Å². The van der Waals surface area contributed by atoms with Gasteiger partial charge in [0.2, 0.25) is 0 Å². The van der Waals surface area contributed by atoms with Gasteiger partial charge in [-0.05, 0) is 24.1 Å². The fourth-order valence-electron chi connectivity index (χ4n) is 1.61. The molecule has 0 aliphatic heterocycles. The number of carbonyl (C=O) groups is 2. The van der Waals surface area contributed by atoms with E-state index >= 15 is 0 Å². The topological polar surface area (TPSA) is 69.6 Å². The lowest BCUT2D eigenvalue weighted by molar-refractivity contribution is -0.141. The second kappa shape index (κ2) is 6.78. The number of rotatable bonds is 5. The molecule has 0 aliphatic carbocycles. The highest BCUT2D eigenvalue weighted by Gasteiger charge is 2.17. The Morgan fingerprint density at radius 2 is 1.89 bits per heavy atom. The number of amides is 2. The van der Waals surface area contributed by atoms with Crippen LogP contribution < -0.4 is 5.32 Å². The summed E-state index contributed by atoms with van der Waals surface area (Å²) >= 11 is 0. The molecule has 0 heterocycles. The fraction of sp³-hybridized carbons (Fsp3) is 0.429. The number of urea groups is 1. The molecule has 19 heavy (non-hydrogen) atoms. The van der Waals surface area contributed by atoms with E-state index in [4.69, 9.17) is 5.11 Å². The highest BCUT2D eigenvalue weighted by Crippen LogP contribution is 2.11. The van der Waals surface area contributed by atoms with Crippen molar-refractivity contribution >= 4 is 17.7 Å². The molecule has 1 atom stereocenters. The number of aryl methyl sites for hydroxylation is 1. The highest BCUT2D eigenvalue weighted by atomic mass is 16.4. The number of nitrogens with zero attached hydrogens (tertiary/aromatic N) is 1. The summed E-state index contributed by atoms with van der Waals surface area (Å²) < 4.78 is 0. The Labute approximate surface area is 113 Å². The largest absolute Gasteiger partial charge is 0.481 e. The molecule has 2 amide bonds. The molecule has 104 valence electrons. The van der Waals surface area contributed by atoms with E-state index in [9.17, 15) is 9.59 Å². The van der Waals surface area contributed by atoms with Crippen molar-refractivity contribution in [3.63, 3.8) is 0 Å². The lowest BCUT2D eigenvalue weighted by Gasteiger charge is -2.20. The van der Waals surface area contributed by atoms with Crippen LogP contribution >= 0.6 is 0 Å². The number of hydrogen-bond donors (Lipinski definition) is 2. The summed E-state index contributed by atoms with van der Waals surface area (Å²) in [6, 6.07) is 7.28. The minimum Gasteiger partial charge on any atom is -0.481 e. The van der Waals surface area contributed by atoms with Crippen LogP contribution in [0.1, 0.15) is 19.4 Å². The van der Waals surface area contributed by atoms with Gasteiger partial charge in [-0.15, -0.1) is 0 Å². The van der Waals surface area contributed by atoms with Gasteiger partial charge in [0, 0.05) is 19.3 Å². The maximum absolute atomic E-state index is 11.8. The lowest BCUT2D eigenvalue weighted by atomic mass is 10.1. The SMILES string of the molecule is CCc1ccc(NC(=O)N(C)CC(C)C(=O)O)cc1. The first-order valence-corrected chi connectivity index (χ1v) is 6.28. The molecule has 1 rings (SSSR count). The Bertz CT molecular complexity index is 443. The zero-order valence-corrected chi connectivity index (χ0v) is 11.5. The average molecular weight is 264 g/mol. The van der Waals surface area contributed by atoms with Gasteiger partial charge >= 0.3 is 12.0 Å². The summed E-state index contributed by atoms with van der Waals surface area (Å²) in [5.41, 5.74) is 1.91.